The minimum atomic E-state index is -2.91. The van der Waals surface area contributed by atoms with Crippen LogP contribution < -0.4 is 0 Å². The molecule has 0 aliphatic rings. The lowest BCUT2D eigenvalue weighted by molar-refractivity contribution is 0.571. The van der Waals surface area contributed by atoms with Crippen LogP contribution in [-0.2, 0) is 29.2 Å². The van der Waals surface area contributed by atoms with Crippen molar-refractivity contribution in [3.8, 4) is 0 Å². The van der Waals surface area contributed by atoms with Gasteiger partial charge < -0.3 is 0 Å². The fourth-order valence-corrected chi connectivity index (χ4v) is 3.08. The van der Waals surface area contributed by atoms with Crippen LogP contribution in [0.3, 0.4) is 0 Å². The average Bonchev–Trinajstić information content (AvgIpc) is 2.69. The zero-order valence-corrected chi connectivity index (χ0v) is 11.8. The van der Waals surface area contributed by atoms with Gasteiger partial charge in [-0.25, -0.2) is 8.42 Å². The first kappa shape index (κ1) is 14.2. The molecule has 1 aromatic rings. The molecule has 0 atom stereocenters. The van der Waals surface area contributed by atoms with Crippen LogP contribution in [0.25, 0.3) is 0 Å². The van der Waals surface area contributed by atoms with Gasteiger partial charge in [-0.2, -0.15) is 5.10 Å². The number of sulfone groups is 1. The molecular formula is C12H22N2O2S. The zero-order chi connectivity index (χ0) is 12.9. The second-order valence-electron chi connectivity index (χ2n) is 4.21. The summed E-state index contributed by atoms with van der Waals surface area (Å²) in [6, 6.07) is 2.06. The standard InChI is InChI=1S/C12H22N2O2S/c1-4-8-17(15,16)9-7-14-12(6-3)10-11(5-2)13-14/h10H,4-9H2,1-3H3. The molecule has 0 bridgehead atoms. The topological polar surface area (TPSA) is 52.0 Å². The quantitative estimate of drug-likeness (QED) is 0.750. The predicted octanol–water partition coefficient (Wildman–Crippen LogP) is 1.83. The van der Waals surface area contributed by atoms with Crippen LogP contribution in [0.5, 0.6) is 0 Å². The van der Waals surface area contributed by atoms with Crippen molar-refractivity contribution in [3.63, 3.8) is 0 Å². The Bertz CT molecular complexity index is 449. The van der Waals surface area contributed by atoms with E-state index in [-0.39, 0.29) is 11.5 Å². The Morgan fingerprint density at radius 3 is 2.41 bits per heavy atom. The monoisotopic (exact) mass is 258 g/mol. The van der Waals surface area contributed by atoms with Gasteiger partial charge in [-0.3, -0.25) is 4.68 Å². The first-order valence-corrected chi connectivity index (χ1v) is 8.10. The molecule has 0 spiro atoms. The van der Waals surface area contributed by atoms with Crippen molar-refractivity contribution in [2.45, 2.75) is 46.6 Å². The molecule has 0 radical (unpaired) electrons. The fraction of sp³-hybridized carbons (Fsp3) is 0.750. The lowest BCUT2D eigenvalue weighted by atomic mass is 10.3. The Hall–Kier alpha value is -0.840. The van der Waals surface area contributed by atoms with E-state index in [4.69, 9.17) is 0 Å². The molecule has 0 saturated heterocycles. The number of rotatable bonds is 7. The number of hydrogen-bond donors (Lipinski definition) is 0. The molecule has 0 aromatic carbocycles. The minimum Gasteiger partial charge on any atom is -0.268 e. The Labute approximate surface area is 104 Å². The van der Waals surface area contributed by atoms with Gasteiger partial charge in [0.15, 0.2) is 9.84 Å². The summed E-state index contributed by atoms with van der Waals surface area (Å²) in [6.45, 7) is 6.48. The smallest absolute Gasteiger partial charge is 0.152 e. The molecule has 0 fully saturated rings. The molecule has 98 valence electrons. The van der Waals surface area contributed by atoms with Crippen LogP contribution in [0.4, 0.5) is 0 Å². The van der Waals surface area contributed by atoms with Gasteiger partial charge in [0.2, 0.25) is 0 Å². The third-order valence-electron chi connectivity index (χ3n) is 2.77. The number of aryl methyl sites for hydroxylation is 3. The molecule has 1 rings (SSSR count). The Kier molecular flexibility index (Phi) is 5.18. The SMILES string of the molecule is CCCS(=O)(=O)CCn1nc(CC)cc1CC. The van der Waals surface area contributed by atoms with Crippen LogP contribution >= 0.6 is 0 Å². The van der Waals surface area contributed by atoms with Gasteiger partial charge in [-0.15, -0.1) is 0 Å². The van der Waals surface area contributed by atoms with Crippen LogP contribution in [0, 0.1) is 0 Å². The van der Waals surface area contributed by atoms with Gasteiger partial charge in [0.1, 0.15) is 0 Å². The van der Waals surface area contributed by atoms with Crippen molar-refractivity contribution in [2.75, 3.05) is 11.5 Å². The summed E-state index contributed by atoms with van der Waals surface area (Å²) in [5, 5.41) is 4.41. The molecule has 0 aliphatic carbocycles. The molecule has 0 aliphatic heterocycles. The van der Waals surface area contributed by atoms with E-state index in [1.54, 1.807) is 0 Å². The van der Waals surface area contributed by atoms with E-state index in [1.165, 1.54) is 0 Å². The lowest BCUT2D eigenvalue weighted by Crippen LogP contribution is -2.17. The molecule has 4 nitrogen and oxygen atoms in total. The third-order valence-corrected chi connectivity index (χ3v) is 4.60. The van der Waals surface area contributed by atoms with Gasteiger partial charge >= 0.3 is 0 Å². The summed E-state index contributed by atoms with van der Waals surface area (Å²) in [5.41, 5.74) is 2.16. The maximum atomic E-state index is 11.6. The maximum absolute atomic E-state index is 11.6. The average molecular weight is 258 g/mol. The van der Waals surface area contributed by atoms with E-state index < -0.39 is 9.84 Å². The number of aromatic nitrogens is 2. The van der Waals surface area contributed by atoms with E-state index in [1.807, 2.05) is 11.6 Å². The Morgan fingerprint density at radius 2 is 1.88 bits per heavy atom. The minimum absolute atomic E-state index is 0.193. The summed E-state index contributed by atoms with van der Waals surface area (Å²) in [5.74, 6) is 0.467. The molecule has 1 aromatic heterocycles. The van der Waals surface area contributed by atoms with Crippen LogP contribution in [0.1, 0.15) is 38.6 Å². The van der Waals surface area contributed by atoms with E-state index in [9.17, 15) is 8.42 Å². The van der Waals surface area contributed by atoms with Crippen LogP contribution in [-0.4, -0.2) is 29.7 Å². The van der Waals surface area contributed by atoms with Crippen molar-refractivity contribution >= 4 is 9.84 Å². The van der Waals surface area contributed by atoms with E-state index in [0.29, 0.717) is 13.0 Å². The largest absolute Gasteiger partial charge is 0.268 e. The normalized spacial score (nSPS) is 11.9. The van der Waals surface area contributed by atoms with Crippen molar-refractivity contribution in [1.29, 1.82) is 0 Å². The molecule has 0 N–H and O–H groups in total. The summed E-state index contributed by atoms with van der Waals surface area (Å²) in [7, 11) is -2.91. The zero-order valence-electron chi connectivity index (χ0n) is 10.9. The summed E-state index contributed by atoms with van der Waals surface area (Å²) in [4.78, 5) is 0. The maximum Gasteiger partial charge on any atom is 0.152 e. The highest BCUT2D eigenvalue weighted by atomic mass is 32.2. The van der Waals surface area contributed by atoms with Gasteiger partial charge in [-0.1, -0.05) is 20.8 Å². The second-order valence-corrected chi connectivity index (χ2v) is 6.51. The lowest BCUT2D eigenvalue weighted by Gasteiger charge is -2.06. The highest BCUT2D eigenvalue weighted by Gasteiger charge is 2.12. The number of nitrogens with zero attached hydrogens (tertiary/aromatic N) is 2. The highest BCUT2D eigenvalue weighted by molar-refractivity contribution is 7.91. The summed E-state index contributed by atoms with van der Waals surface area (Å²) >= 11 is 0. The van der Waals surface area contributed by atoms with E-state index in [2.05, 4.69) is 25.0 Å². The van der Waals surface area contributed by atoms with Crippen LogP contribution in [0.2, 0.25) is 0 Å². The molecule has 1 heterocycles. The van der Waals surface area contributed by atoms with Gasteiger partial charge in [0, 0.05) is 11.4 Å². The summed E-state index contributed by atoms with van der Waals surface area (Å²) < 4.78 is 25.1. The third kappa shape index (κ3) is 4.15. The summed E-state index contributed by atoms with van der Waals surface area (Å²) in [6.07, 6.45) is 2.46. The molecule has 0 amide bonds. The highest BCUT2D eigenvalue weighted by Crippen LogP contribution is 2.07. The second kappa shape index (κ2) is 6.19. The van der Waals surface area contributed by atoms with Gasteiger partial charge in [0.25, 0.3) is 0 Å². The molecule has 0 unspecified atom stereocenters. The van der Waals surface area contributed by atoms with Crippen molar-refractivity contribution in [1.82, 2.24) is 9.78 Å². The van der Waals surface area contributed by atoms with Gasteiger partial charge in [-0.05, 0) is 25.3 Å². The Balaban J connectivity index is 2.71. The first-order valence-electron chi connectivity index (χ1n) is 6.28. The predicted molar refractivity (Wildman–Crippen MR) is 69.9 cm³/mol. The van der Waals surface area contributed by atoms with Gasteiger partial charge in [0.05, 0.1) is 18.0 Å². The van der Waals surface area contributed by atoms with E-state index in [0.717, 1.165) is 24.2 Å². The molecule has 17 heavy (non-hydrogen) atoms. The molecular weight excluding hydrogens is 236 g/mol. The van der Waals surface area contributed by atoms with Crippen molar-refractivity contribution in [2.24, 2.45) is 0 Å². The van der Waals surface area contributed by atoms with Crippen molar-refractivity contribution in [3.05, 3.63) is 17.5 Å². The first-order chi connectivity index (χ1) is 8.02. The number of hydrogen-bond acceptors (Lipinski definition) is 3. The fourth-order valence-electron chi connectivity index (χ4n) is 1.80. The molecule has 5 heteroatoms. The molecule has 0 saturated carbocycles. The van der Waals surface area contributed by atoms with Crippen LogP contribution in [0.15, 0.2) is 6.07 Å². The van der Waals surface area contributed by atoms with Crippen molar-refractivity contribution < 1.29 is 8.42 Å². The Morgan fingerprint density at radius 1 is 1.18 bits per heavy atom. The van der Waals surface area contributed by atoms with E-state index >= 15 is 0 Å².